The number of nitrogens with two attached hydrogens (primary N) is 1. The van der Waals surface area contributed by atoms with Gasteiger partial charge in [0, 0.05) is 26.1 Å². The first-order chi connectivity index (χ1) is 11.7. The monoisotopic (exact) mass is 367 g/mol. The van der Waals surface area contributed by atoms with Crippen molar-refractivity contribution < 1.29 is 17.6 Å². The molecule has 10 heteroatoms. The Morgan fingerprint density at radius 3 is 2.48 bits per heavy atom. The molecule has 25 heavy (non-hydrogen) atoms. The van der Waals surface area contributed by atoms with Crippen molar-refractivity contribution in [2.24, 2.45) is 18.7 Å². The third kappa shape index (κ3) is 2.98. The standard InChI is InChI=1S/C15H17N3O6S/c1-17-12-3-2-10(8-11(12)14(20)24-15(17)21)25(22,23)18-6-4-9(5-7-18)13(16)19/h2-3,8-9H,4-7H2,1H3,(H2,16,19). The number of fused-ring (bicyclic) bond motifs is 1. The number of hydrogen-bond donors (Lipinski definition) is 1. The van der Waals surface area contributed by atoms with Crippen molar-refractivity contribution in [3.63, 3.8) is 0 Å². The van der Waals surface area contributed by atoms with Gasteiger partial charge in [-0.1, -0.05) is 0 Å². The molecular weight excluding hydrogens is 350 g/mol. The second-order valence-electron chi connectivity index (χ2n) is 5.97. The SMILES string of the molecule is Cn1c(=O)oc(=O)c2cc(S(=O)(=O)N3CCC(C(N)=O)CC3)ccc21. The average molecular weight is 367 g/mol. The normalized spacial score (nSPS) is 17.0. The molecule has 0 aliphatic carbocycles. The van der Waals surface area contributed by atoms with E-state index in [1.165, 1.54) is 29.6 Å². The van der Waals surface area contributed by atoms with Crippen LogP contribution in [0.15, 0.2) is 37.1 Å². The van der Waals surface area contributed by atoms with E-state index in [4.69, 9.17) is 5.73 Å². The van der Waals surface area contributed by atoms with Crippen molar-refractivity contribution in [2.45, 2.75) is 17.7 Å². The van der Waals surface area contributed by atoms with Crippen LogP contribution in [0.4, 0.5) is 0 Å². The molecule has 1 saturated heterocycles. The lowest BCUT2D eigenvalue weighted by Gasteiger charge is -2.29. The lowest BCUT2D eigenvalue weighted by atomic mass is 9.98. The van der Waals surface area contributed by atoms with Crippen molar-refractivity contribution in [3.8, 4) is 0 Å². The summed E-state index contributed by atoms with van der Waals surface area (Å²) in [6.07, 6.45) is 0.720. The molecule has 1 aromatic carbocycles. The largest absolute Gasteiger partial charge is 0.422 e. The van der Waals surface area contributed by atoms with E-state index in [1.54, 1.807) is 0 Å². The number of carbonyl (C=O) groups is 1. The van der Waals surface area contributed by atoms with Gasteiger partial charge in [0.2, 0.25) is 15.9 Å². The number of amides is 1. The van der Waals surface area contributed by atoms with Crippen LogP contribution < -0.4 is 17.1 Å². The van der Waals surface area contributed by atoms with E-state index < -0.39 is 27.3 Å². The zero-order valence-electron chi connectivity index (χ0n) is 13.5. The van der Waals surface area contributed by atoms with Gasteiger partial charge in [-0.15, -0.1) is 0 Å². The van der Waals surface area contributed by atoms with E-state index in [0.29, 0.717) is 12.8 Å². The topological polar surface area (TPSA) is 133 Å². The maximum absolute atomic E-state index is 12.8. The highest BCUT2D eigenvalue weighted by molar-refractivity contribution is 7.89. The second kappa shape index (κ2) is 6.12. The third-order valence-corrected chi connectivity index (χ3v) is 6.39. The van der Waals surface area contributed by atoms with Crippen molar-refractivity contribution >= 4 is 26.8 Å². The fraction of sp³-hybridized carbons (Fsp3) is 0.400. The number of aromatic nitrogens is 1. The highest BCUT2D eigenvalue weighted by Crippen LogP contribution is 2.25. The van der Waals surface area contributed by atoms with Gasteiger partial charge in [-0.3, -0.25) is 9.36 Å². The van der Waals surface area contributed by atoms with Gasteiger partial charge >= 0.3 is 11.4 Å². The van der Waals surface area contributed by atoms with E-state index >= 15 is 0 Å². The smallest absolute Gasteiger partial charge is 0.372 e. The number of piperidine rings is 1. The summed E-state index contributed by atoms with van der Waals surface area (Å²) in [5.41, 5.74) is 4.66. The molecule has 1 fully saturated rings. The van der Waals surface area contributed by atoms with Crippen molar-refractivity contribution in [3.05, 3.63) is 39.2 Å². The fourth-order valence-electron chi connectivity index (χ4n) is 2.96. The number of nitrogens with zero attached hydrogens (tertiary/aromatic N) is 2. The zero-order valence-corrected chi connectivity index (χ0v) is 14.3. The van der Waals surface area contributed by atoms with Crippen LogP contribution in [0.1, 0.15) is 12.8 Å². The summed E-state index contributed by atoms with van der Waals surface area (Å²) < 4.78 is 32.5. The van der Waals surface area contributed by atoms with E-state index in [9.17, 15) is 22.8 Å². The molecule has 9 nitrogen and oxygen atoms in total. The molecule has 0 saturated carbocycles. The molecule has 2 heterocycles. The summed E-state index contributed by atoms with van der Waals surface area (Å²) in [6.45, 7) is 0.353. The quantitative estimate of drug-likeness (QED) is 0.768. The summed E-state index contributed by atoms with van der Waals surface area (Å²) in [5, 5.41) is 0.00944. The third-order valence-electron chi connectivity index (χ3n) is 4.50. The zero-order chi connectivity index (χ0) is 18.4. The Morgan fingerprint density at radius 1 is 1.24 bits per heavy atom. The molecule has 0 unspecified atom stereocenters. The van der Waals surface area contributed by atoms with Gasteiger partial charge in [0.15, 0.2) is 0 Å². The minimum Gasteiger partial charge on any atom is -0.372 e. The number of rotatable bonds is 3. The highest BCUT2D eigenvalue weighted by atomic mass is 32.2. The average Bonchev–Trinajstić information content (AvgIpc) is 2.59. The number of carbonyl (C=O) groups excluding carboxylic acids is 1. The van der Waals surface area contributed by atoms with Gasteiger partial charge in [-0.25, -0.2) is 18.0 Å². The maximum Gasteiger partial charge on any atom is 0.422 e. The molecule has 1 aliphatic rings. The Morgan fingerprint density at radius 2 is 1.88 bits per heavy atom. The molecule has 1 amide bonds. The first-order valence-corrected chi connectivity index (χ1v) is 9.09. The Hall–Kier alpha value is -2.46. The lowest BCUT2D eigenvalue weighted by molar-refractivity contribution is -0.122. The number of aryl methyl sites for hydroxylation is 1. The van der Waals surface area contributed by atoms with Crippen LogP contribution in [-0.4, -0.2) is 36.3 Å². The lowest BCUT2D eigenvalue weighted by Crippen LogP contribution is -2.41. The molecule has 0 radical (unpaired) electrons. The first kappa shape index (κ1) is 17.4. The molecule has 3 rings (SSSR count). The Kier molecular flexibility index (Phi) is 4.25. The van der Waals surface area contributed by atoms with Crippen LogP contribution >= 0.6 is 0 Å². The number of primary amides is 1. The maximum atomic E-state index is 12.8. The summed E-state index contributed by atoms with van der Waals surface area (Å²) in [4.78, 5) is 34.5. The minimum absolute atomic E-state index is 0.00944. The van der Waals surface area contributed by atoms with Crippen LogP contribution in [0, 0.1) is 5.92 Å². The fourth-order valence-corrected chi connectivity index (χ4v) is 4.46. The van der Waals surface area contributed by atoms with Gasteiger partial charge in [0.25, 0.3) is 0 Å². The van der Waals surface area contributed by atoms with Crippen molar-refractivity contribution in [1.29, 1.82) is 0 Å². The van der Waals surface area contributed by atoms with E-state index in [-0.39, 0.29) is 34.8 Å². The van der Waals surface area contributed by atoms with Gasteiger partial charge < -0.3 is 10.2 Å². The van der Waals surface area contributed by atoms with Crippen molar-refractivity contribution in [2.75, 3.05) is 13.1 Å². The van der Waals surface area contributed by atoms with Gasteiger partial charge in [-0.2, -0.15) is 4.31 Å². The Labute approximate surface area is 142 Å². The summed E-state index contributed by atoms with van der Waals surface area (Å²) in [6, 6.07) is 3.95. The van der Waals surface area contributed by atoms with Gasteiger partial charge in [-0.05, 0) is 31.0 Å². The van der Waals surface area contributed by atoms with E-state index in [2.05, 4.69) is 4.42 Å². The highest BCUT2D eigenvalue weighted by Gasteiger charge is 2.31. The second-order valence-corrected chi connectivity index (χ2v) is 7.91. The molecule has 1 aromatic heterocycles. The first-order valence-electron chi connectivity index (χ1n) is 7.65. The summed E-state index contributed by atoms with van der Waals surface area (Å²) in [7, 11) is -2.40. The van der Waals surface area contributed by atoms with Crippen LogP contribution in [-0.2, 0) is 21.9 Å². The Balaban J connectivity index is 2.00. The summed E-state index contributed by atoms with van der Waals surface area (Å²) in [5.74, 6) is -1.58. The number of benzene rings is 1. The van der Waals surface area contributed by atoms with Gasteiger partial charge in [0.1, 0.15) is 0 Å². The summed E-state index contributed by atoms with van der Waals surface area (Å²) >= 11 is 0. The number of sulfonamides is 1. The van der Waals surface area contributed by atoms with Crippen LogP contribution in [0.25, 0.3) is 10.9 Å². The predicted octanol–water partition coefficient (Wildman–Crippen LogP) is -0.622. The van der Waals surface area contributed by atoms with Crippen molar-refractivity contribution in [1.82, 2.24) is 8.87 Å². The molecule has 2 N–H and O–H groups in total. The van der Waals surface area contributed by atoms with E-state index in [1.807, 2.05) is 0 Å². The molecule has 0 spiro atoms. The molecule has 0 atom stereocenters. The van der Waals surface area contributed by atoms with E-state index in [0.717, 1.165) is 4.57 Å². The molecule has 0 bridgehead atoms. The van der Waals surface area contributed by atoms with Crippen LogP contribution in [0.3, 0.4) is 0 Å². The van der Waals surface area contributed by atoms with Crippen LogP contribution in [0.2, 0.25) is 0 Å². The molecular formula is C15H17N3O6S. The number of hydrogen-bond acceptors (Lipinski definition) is 6. The minimum atomic E-state index is -3.83. The molecule has 2 aromatic rings. The Bertz CT molecular complexity index is 1060. The molecule has 1 aliphatic heterocycles. The predicted molar refractivity (Wildman–Crippen MR) is 88.4 cm³/mol. The van der Waals surface area contributed by atoms with Crippen LogP contribution in [0.5, 0.6) is 0 Å². The molecule has 134 valence electrons. The van der Waals surface area contributed by atoms with Gasteiger partial charge in [0.05, 0.1) is 15.8 Å².